The Morgan fingerprint density at radius 2 is 2.38 bits per heavy atom. The molecule has 0 atom stereocenters. The lowest BCUT2D eigenvalue weighted by Crippen LogP contribution is -2.04. The normalized spacial score (nSPS) is 10.4. The van der Waals surface area contributed by atoms with E-state index in [0.717, 1.165) is 15.9 Å². The molecular formula is C9H10BrN5O. The van der Waals surface area contributed by atoms with Crippen LogP contribution in [0.5, 0.6) is 0 Å². The van der Waals surface area contributed by atoms with Gasteiger partial charge in [0, 0.05) is 12.3 Å². The molecule has 84 valence electrons. The van der Waals surface area contributed by atoms with E-state index in [1.165, 1.54) is 0 Å². The van der Waals surface area contributed by atoms with Crippen LogP contribution in [-0.4, -0.2) is 15.1 Å². The van der Waals surface area contributed by atoms with Gasteiger partial charge in [0.05, 0.1) is 16.7 Å². The summed E-state index contributed by atoms with van der Waals surface area (Å²) in [5.41, 5.74) is 6.33. The van der Waals surface area contributed by atoms with Crippen LogP contribution in [0.4, 0.5) is 11.8 Å². The van der Waals surface area contributed by atoms with E-state index in [1.807, 2.05) is 13.0 Å². The standard InChI is InChI=1S/C9H10BrN5O/c1-5-2-6(16-15-5)3-12-8-7(10)4-13-9(11)14-8/h2,4H,3H2,1H3,(H3,11,12,13,14). The van der Waals surface area contributed by atoms with Gasteiger partial charge in [-0.1, -0.05) is 5.16 Å². The van der Waals surface area contributed by atoms with Crippen LogP contribution >= 0.6 is 15.9 Å². The van der Waals surface area contributed by atoms with Crippen LogP contribution in [0.3, 0.4) is 0 Å². The summed E-state index contributed by atoms with van der Waals surface area (Å²) in [5.74, 6) is 1.59. The van der Waals surface area contributed by atoms with E-state index in [4.69, 9.17) is 10.3 Å². The molecule has 2 aromatic rings. The molecule has 0 unspecified atom stereocenters. The zero-order valence-electron chi connectivity index (χ0n) is 8.57. The van der Waals surface area contributed by atoms with Crippen LogP contribution in [0.15, 0.2) is 21.3 Å². The Labute approximate surface area is 100 Å². The predicted molar refractivity (Wildman–Crippen MR) is 62.7 cm³/mol. The van der Waals surface area contributed by atoms with Crippen LogP contribution in [-0.2, 0) is 6.54 Å². The van der Waals surface area contributed by atoms with E-state index in [9.17, 15) is 0 Å². The van der Waals surface area contributed by atoms with E-state index < -0.39 is 0 Å². The average molecular weight is 284 g/mol. The number of hydrogen-bond donors (Lipinski definition) is 2. The minimum absolute atomic E-state index is 0.222. The molecule has 0 amide bonds. The number of hydrogen-bond acceptors (Lipinski definition) is 6. The number of nitrogen functional groups attached to an aromatic ring is 1. The number of anilines is 2. The molecule has 6 nitrogen and oxygen atoms in total. The van der Waals surface area contributed by atoms with Crippen LogP contribution < -0.4 is 11.1 Å². The first-order chi connectivity index (χ1) is 7.65. The van der Waals surface area contributed by atoms with Crippen molar-refractivity contribution in [2.45, 2.75) is 13.5 Å². The molecule has 0 spiro atoms. The lowest BCUT2D eigenvalue weighted by molar-refractivity contribution is 0.384. The highest BCUT2D eigenvalue weighted by Crippen LogP contribution is 2.19. The highest BCUT2D eigenvalue weighted by atomic mass is 79.9. The molecule has 0 aliphatic rings. The number of nitrogens with one attached hydrogen (secondary N) is 1. The maximum Gasteiger partial charge on any atom is 0.221 e. The van der Waals surface area contributed by atoms with Crippen molar-refractivity contribution >= 4 is 27.7 Å². The molecule has 3 N–H and O–H groups in total. The van der Waals surface area contributed by atoms with Gasteiger partial charge >= 0.3 is 0 Å². The zero-order valence-corrected chi connectivity index (χ0v) is 10.2. The van der Waals surface area contributed by atoms with Crippen LogP contribution in [0, 0.1) is 6.92 Å². The number of rotatable bonds is 3. The van der Waals surface area contributed by atoms with Gasteiger partial charge in [-0.25, -0.2) is 4.98 Å². The smallest absolute Gasteiger partial charge is 0.221 e. The van der Waals surface area contributed by atoms with Crippen molar-refractivity contribution in [1.82, 2.24) is 15.1 Å². The molecule has 2 aromatic heterocycles. The Kier molecular flexibility index (Phi) is 3.04. The molecule has 0 bridgehead atoms. The molecule has 0 aromatic carbocycles. The molecule has 0 radical (unpaired) electrons. The van der Waals surface area contributed by atoms with Crippen molar-refractivity contribution in [3.8, 4) is 0 Å². The van der Waals surface area contributed by atoms with Crippen LogP contribution in [0.1, 0.15) is 11.5 Å². The zero-order chi connectivity index (χ0) is 11.5. The fraction of sp³-hybridized carbons (Fsp3) is 0.222. The fourth-order valence-corrected chi connectivity index (χ4v) is 1.51. The van der Waals surface area contributed by atoms with Crippen molar-refractivity contribution in [3.05, 3.63) is 28.2 Å². The fourth-order valence-electron chi connectivity index (χ4n) is 1.18. The maximum absolute atomic E-state index is 5.48. The van der Waals surface area contributed by atoms with Crippen LogP contribution in [0.25, 0.3) is 0 Å². The van der Waals surface area contributed by atoms with Gasteiger partial charge in [-0.05, 0) is 22.9 Å². The molecule has 0 saturated carbocycles. The maximum atomic E-state index is 5.48. The summed E-state index contributed by atoms with van der Waals surface area (Å²) < 4.78 is 5.80. The Hall–Kier alpha value is -1.63. The number of halogens is 1. The Bertz CT molecular complexity index is 498. The van der Waals surface area contributed by atoms with Gasteiger partial charge in [-0.3, -0.25) is 0 Å². The molecule has 0 fully saturated rings. The third-order valence-electron chi connectivity index (χ3n) is 1.87. The lowest BCUT2D eigenvalue weighted by Gasteiger charge is -2.05. The van der Waals surface area contributed by atoms with E-state index >= 15 is 0 Å². The summed E-state index contributed by atoms with van der Waals surface area (Å²) in [7, 11) is 0. The Balaban J connectivity index is 2.07. The van der Waals surface area contributed by atoms with Gasteiger partial charge in [0.2, 0.25) is 5.95 Å². The second-order valence-electron chi connectivity index (χ2n) is 3.21. The summed E-state index contributed by atoms with van der Waals surface area (Å²) in [4.78, 5) is 7.88. The molecule has 2 heterocycles. The molecule has 0 aliphatic carbocycles. The minimum Gasteiger partial charge on any atom is -0.368 e. The Morgan fingerprint density at radius 1 is 1.56 bits per heavy atom. The Morgan fingerprint density at radius 3 is 3.06 bits per heavy atom. The van der Waals surface area contributed by atoms with Gasteiger partial charge < -0.3 is 15.6 Å². The van der Waals surface area contributed by atoms with E-state index in [2.05, 4.69) is 36.4 Å². The summed E-state index contributed by atoms with van der Waals surface area (Å²) in [6, 6.07) is 1.85. The van der Waals surface area contributed by atoms with Crippen molar-refractivity contribution in [2.75, 3.05) is 11.1 Å². The predicted octanol–water partition coefficient (Wildman–Crippen LogP) is 1.73. The first kappa shape index (κ1) is 10.9. The minimum atomic E-state index is 0.222. The molecule has 7 heteroatoms. The first-order valence-electron chi connectivity index (χ1n) is 4.59. The first-order valence-corrected chi connectivity index (χ1v) is 5.38. The molecular weight excluding hydrogens is 274 g/mol. The van der Waals surface area contributed by atoms with Gasteiger partial charge in [-0.2, -0.15) is 4.98 Å². The topological polar surface area (TPSA) is 89.9 Å². The van der Waals surface area contributed by atoms with Gasteiger partial charge in [0.25, 0.3) is 0 Å². The number of aromatic nitrogens is 3. The second kappa shape index (κ2) is 4.48. The van der Waals surface area contributed by atoms with Crippen molar-refractivity contribution < 1.29 is 4.52 Å². The average Bonchev–Trinajstić information content (AvgIpc) is 2.66. The molecule has 2 rings (SSSR count). The second-order valence-corrected chi connectivity index (χ2v) is 4.07. The largest absolute Gasteiger partial charge is 0.368 e. The highest BCUT2D eigenvalue weighted by Gasteiger charge is 2.05. The van der Waals surface area contributed by atoms with Gasteiger partial charge in [0.15, 0.2) is 5.76 Å². The SMILES string of the molecule is Cc1cc(CNc2nc(N)ncc2Br)on1. The lowest BCUT2D eigenvalue weighted by atomic mass is 10.4. The molecule has 0 saturated heterocycles. The summed E-state index contributed by atoms with van der Waals surface area (Å²) >= 11 is 3.32. The van der Waals surface area contributed by atoms with Crippen molar-refractivity contribution in [2.24, 2.45) is 0 Å². The van der Waals surface area contributed by atoms with E-state index in [0.29, 0.717) is 12.4 Å². The summed E-state index contributed by atoms with van der Waals surface area (Å²) in [6.45, 7) is 2.36. The van der Waals surface area contributed by atoms with Gasteiger partial charge in [-0.15, -0.1) is 0 Å². The number of nitrogens with zero attached hydrogens (tertiary/aromatic N) is 3. The summed E-state index contributed by atoms with van der Waals surface area (Å²) in [5, 5.41) is 6.86. The van der Waals surface area contributed by atoms with Gasteiger partial charge in [0.1, 0.15) is 5.82 Å². The quantitative estimate of drug-likeness (QED) is 0.892. The van der Waals surface area contributed by atoms with E-state index in [-0.39, 0.29) is 5.95 Å². The molecule has 0 aliphatic heterocycles. The third-order valence-corrected chi connectivity index (χ3v) is 2.45. The van der Waals surface area contributed by atoms with Crippen molar-refractivity contribution in [1.29, 1.82) is 0 Å². The number of nitrogens with two attached hydrogens (primary N) is 1. The van der Waals surface area contributed by atoms with E-state index in [1.54, 1.807) is 6.20 Å². The monoisotopic (exact) mass is 283 g/mol. The van der Waals surface area contributed by atoms with Crippen molar-refractivity contribution in [3.63, 3.8) is 0 Å². The molecule has 16 heavy (non-hydrogen) atoms. The van der Waals surface area contributed by atoms with Crippen LogP contribution in [0.2, 0.25) is 0 Å². The third kappa shape index (κ3) is 2.48. The summed E-state index contributed by atoms with van der Waals surface area (Å²) in [6.07, 6.45) is 1.59. The number of aryl methyl sites for hydroxylation is 1. The highest BCUT2D eigenvalue weighted by molar-refractivity contribution is 9.10.